The van der Waals surface area contributed by atoms with Crippen LogP contribution in [0.3, 0.4) is 0 Å². The Hall–Kier alpha value is -2.43. The van der Waals surface area contributed by atoms with Gasteiger partial charge in [-0.25, -0.2) is 0 Å². The van der Waals surface area contributed by atoms with Gasteiger partial charge in [-0.1, -0.05) is 37.3 Å². The molecule has 0 aliphatic rings. The van der Waals surface area contributed by atoms with E-state index in [1.54, 1.807) is 19.1 Å². The van der Waals surface area contributed by atoms with Crippen molar-refractivity contribution >= 4 is 17.7 Å². The molecule has 112 valence electrons. The van der Waals surface area contributed by atoms with Crippen LogP contribution in [0.4, 0.5) is 0 Å². The zero-order valence-electron chi connectivity index (χ0n) is 11.8. The Labute approximate surface area is 122 Å². The fourth-order valence-corrected chi connectivity index (χ4v) is 1.91. The van der Waals surface area contributed by atoms with Crippen LogP contribution in [0, 0.1) is 0 Å². The molecule has 0 bridgehead atoms. The van der Waals surface area contributed by atoms with Crippen molar-refractivity contribution in [3.05, 3.63) is 47.0 Å². The van der Waals surface area contributed by atoms with Crippen molar-refractivity contribution in [3.8, 4) is 0 Å². The molecule has 1 aromatic rings. The fourth-order valence-electron chi connectivity index (χ4n) is 1.91. The molecule has 0 saturated carbocycles. The summed E-state index contributed by atoms with van der Waals surface area (Å²) in [6.45, 7) is 1.58. The number of Topliss-reactive ketones (excluding diaryl/α,β-unsaturated/α-hetero) is 1. The van der Waals surface area contributed by atoms with E-state index in [0.717, 1.165) is 5.56 Å². The molecule has 0 unspecified atom stereocenters. The van der Waals surface area contributed by atoms with Gasteiger partial charge in [0.2, 0.25) is 0 Å². The highest BCUT2D eigenvalue weighted by Gasteiger charge is 2.13. The highest BCUT2D eigenvalue weighted by Crippen LogP contribution is 2.16. The van der Waals surface area contributed by atoms with Crippen LogP contribution >= 0.6 is 0 Å². The van der Waals surface area contributed by atoms with Crippen LogP contribution in [0.5, 0.6) is 0 Å². The van der Waals surface area contributed by atoms with Crippen molar-refractivity contribution in [1.29, 1.82) is 0 Å². The summed E-state index contributed by atoms with van der Waals surface area (Å²) < 4.78 is 0. The average molecular weight is 288 g/mol. The Morgan fingerprint density at radius 2 is 1.52 bits per heavy atom. The quantitative estimate of drug-likeness (QED) is 0.616. The summed E-state index contributed by atoms with van der Waals surface area (Å²) in [4.78, 5) is 33.7. The van der Waals surface area contributed by atoms with Crippen LogP contribution in [-0.4, -0.2) is 17.7 Å². The molecule has 5 nitrogen and oxygen atoms in total. The van der Waals surface area contributed by atoms with Crippen molar-refractivity contribution in [2.24, 2.45) is 0 Å². The molecule has 0 saturated heterocycles. The standard InChI is InChI=1S/C16H18O5/c1-2-12(17)10-14(16(20)21)13(15(18)19)9-8-11-6-4-3-5-7-11/h3-7H,2,8-10H2,1H3,(H,18,19)(H,20,21)/p-2/b14-13+. The largest absolute Gasteiger partial charge is 0.545 e. The topological polar surface area (TPSA) is 97.3 Å². The van der Waals surface area contributed by atoms with Gasteiger partial charge in [-0.15, -0.1) is 0 Å². The van der Waals surface area contributed by atoms with E-state index >= 15 is 0 Å². The Balaban J connectivity index is 2.99. The molecule has 0 spiro atoms. The van der Waals surface area contributed by atoms with E-state index in [-0.39, 0.29) is 24.2 Å². The van der Waals surface area contributed by atoms with E-state index in [0.29, 0.717) is 6.42 Å². The summed E-state index contributed by atoms with van der Waals surface area (Å²) in [5.74, 6) is -3.56. The minimum absolute atomic E-state index is 0.0212. The fraction of sp³-hybridized carbons (Fsp3) is 0.312. The summed E-state index contributed by atoms with van der Waals surface area (Å²) in [6.07, 6.45) is 0.0145. The van der Waals surface area contributed by atoms with Gasteiger partial charge in [0.15, 0.2) is 0 Å². The first-order valence-corrected chi connectivity index (χ1v) is 6.66. The number of carboxylic acid groups (broad SMARTS) is 2. The molecule has 1 aromatic carbocycles. The predicted octanol–water partition coefficient (Wildman–Crippen LogP) is -0.215. The maximum absolute atomic E-state index is 11.4. The molecular formula is C16H16O5-2. The molecule has 0 aliphatic carbocycles. The van der Waals surface area contributed by atoms with Crippen molar-refractivity contribution in [2.45, 2.75) is 32.6 Å². The zero-order valence-corrected chi connectivity index (χ0v) is 11.8. The molecule has 0 amide bonds. The number of carbonyl (C=O) groups is 3. The van der Waals surface area contributed by atoms with E-state index in [2.05, 4.69) is 0 Å². The van der Waals surface area contributed by atoms with Gasteiger partial charge in [-0.3, -0.25) is 4.79 Å². The van der Waals surface area contributed by atoms with E-state index < -0.39 is 23.9 Å². The highest BCUT2D eigenvalue weighted by atomic mass is 16.4. The molecule has 0 aromatic heterocycles. The van der Waals surface area contributed by atoms with Gasteiger partial charge in [-0.05, 0) is 29.6 Å². The van der Waals surface area contributed by atoms with Crippen molar-refractivity contribution < 1.29 is 24.6 Å². The van der Waals surface area contributed by atoms with Crippen LogP contribution in [0.15, 0.2) is 41.5 Å². The van der Waals surface area contributed by atoms with Crippen LogP contribution in [0.2, 0.25) is 0 Å². The lowest BCUT2D eigenvalue weighted by molar-refractivity contribution is -0.304. The van der Waals surface area contributed by atoms with Crippen LogP contribution in [0.25, 0.3) is 0 Å². The van der Waals surface area contributed by atoms with Crippen molar-refractivity contribution in [2.75, 3.05) is 0 Å². The Kier molecular flexibility index (Phi) is 6.33. The molecule has 1 rings (SSSR count). The molecule has 0 heterocycles. The first kappa shape index (κ1) is 16.6. The van der Waals surface area contributed by atoms with Gasteiger partial charge in [0.05, 0.1) is 11.9 Å². The average Bonchev–Trinajstić information content (AvgIpc) is 2.46. The van der Waals surface area contributed by atoms with Crippen LogP contribution in [0.1, 0.15) is 31.7 Å². The number of rotatable bonds is 8. The molecule has 0 aliphatic heterocycles. The second-order valence-electron chi connectivity index (χ2n) is 4.59. The third-order valence-corrected chi connectivity index (χ3v) is 3.13. The SMILES string of the molecule is CCC(=O)C/C(C(=O)[O-])=C(/CCc1ccccc1)C(=O)[O-]. The highest BCUT2D eigenvalue weighted by molar-refractivity contribution is 6.01. The number of aliphatic carboxylic acids is 2. The Morgan fingerprint density at radius 3 is 2.00 bits per heavy atom. The summed E-state index contributed by atoms with van der Waals surface area (Å²) in [7, 11) is 0. The lowest BCUT2D eigenvalue weighted by Gasteiger charge is -2.17. The molecule has 5 heteroatoms. The van der Waals surface area contributed by atoms with Crippen molar-refractivity contribution in [1.82, 2.24) is 0 Å². The minimum Gasteiger partial charge on any atom is -0.545 e. The van der Waals surface area contributed by atoms with E-state index in [1.165, 1.54) is 0 Å². The van der Waals surface area contributed by atoms with Crippen LogP contribution < -0.4 is 10.2 Å². The number of carboxylic acids is 2. The third-order valence-electron chi connectivity index (χ3n) is 3.13. The van der Waals surface area contributed by atoms with Gasteiger partial charge in [0, 0.05) is 12.8 Å². The maximum atomic E-state index is 11.4. The third kappa shape index (κ3) is 5.22. The van der Waals surface area contributed by atoms with E-state index in [1.807, 2.05) is 18.2 Å². The summed E-state index contributed by atoms with van der Waals surface area (Å²) in [6, 6.07) is 9.05. The second-order valence-corrected chi connectivity index (χ2v) is 4.59. The summed E-state index contributed by atoms with van der Waals surface area (Å²) >= 11 is 0. The molecular weight excluding hydrogens is 272 g/mol. The normalized spacial score (nSPS) is 11.7. The second kappa shape index (κ2) is 7.99. The molecule has 0 atom stereocenters. The number of hydrogen-bond acceptors (Lipinski definition) is 5. The number of ketones is 1. The molecule has 0 fully saturated rings. The summed E-state index contributed by atoms with van der Waals surface area (Å²) in [5.41, 5.74) is 0.00852. The molecule has 21 heavy (non-hydrogen) atoms. The number of benzene rings is 1. The van der Waals surface area contributed by atoms with Gasteiger partial charge < -0.3 is 19.8 Å². The van der Waals surface area contributed by atoms with Gasteiger partial charge in [0.25, 0.3) is 0 Å². The lowest BCUT2D eigenvalue weighted by Crippen LogP contribution is -2.33. The summed E-state index contributed by atoms with van der Waals surface area (Å²) in [5, 5.41) is 22.3. The van der Waals surface area contributed by atoms with E-state index in [9.17, 15) is 24.6 Å². The van der Waals surface area contributed by atoms with Gasteiger partial charge in [-0.2, -0.15) is 0 Å². The number of aryl methyl sites for hydroxylation is 1. The Morgan fingerprint density at radius 1 is 0.952 bits per heavy atom. The molecule has 0 radical (unpaired) electrons. The van der Waals surface area contributed by atoms with Crippen LogP contribution in [-0.2, 0) is 20.8 Å². The minimum atomic E-state index is -1.64. The Bertz CT molecular complexity index is 557. The van der Waals surface area contributed by atoms with Crippen molar-refractivity contribution in [3.63, 3.8) is 0 Å². The predicted molar refractivity (Wildman–Crippen MR) is 71.7 cm³/mol. The first-order valence-electron chi connectivity index (χ1n) is 6.66. The van der Waals surface area contributed by atoms with Gasteiger partial charge in [0.1, 0.15) is 5.78 Å². The smallest absolute Gasteiger partial charge is 0.137 e. The first-order chi connectivity index (χ1) is 9.95. The van der Waals surface area contributed by atoms with Gasteiger partial charge >= 0.3 is 0 Å². The number of carbonyl (C=O) groups excluding carboxylic acids is 3. The lowest BCUT2D eigenvalue weighted by atomic mass is 9.96. The zero-order chi connectivity index (χ0) is 15.8. The number of hydrogen-bond donors (Lipinski definition) is 0. The monoisotopic (exact) mass is 288 g/mol. The molecule has 0 N–H and O–H groups in total. The van der Waals surface area contributed by atoms with E-state index in [4.69, 9.17) is 0 Å². The maximum Gasteiger partial charge on any atom is 0.137 e.